The summed E-state index contributed by atoms with van der Waals surface area (Å²) in [5.74, 6) is 0.196. The Hall–Kier alpha value is -2.03. The molecule has 0 aliphatic carbocycles. The van der Waals surface area contributed by atoms with Gasteiger partial charge in [-0.3, -0.25) is 4.79 Å². The number of aryl methyl sites for hydroxylation is 1. The quantitative estimate of drug-likeness (QED) is 0.830. The maximum Gasteiger partial charge on any atom is 0.231 e. The van der Waals surface area contributed by atoms with Crippen LogP contribution in [0.2, 0.25) is 0 Å². The Morgan fingerprint density at radius 3 is 2.67 bits per heavy atom. The predicted octanol–water partition coefficient (Wildman–Crippen LogP) is 3.16. The highest BCUT2D eigenvalue weighted by atomic mass is 16.2. The molecule has 0 bridgehead atoms. The number of hydrogen-bond donors (Lipinski definition) is 0. The number of nitrogens with zero attached hydrogens (tertiary/aromatic N) is 2. The van der Waals surface area contributed by atoms with Crippen LogP contribution in [0.5, 0.6) is 0 Å². The van der Waals surface area contributed by atoms with E-state index in [1.54, 1.807) is 0 Å². The fourth-order valence-electron chi connectivity index (χ4n) is 3.31. The molecule has 1 aliphatic rings. The van der Waals surface area contributed by atoms with Gasteiger partial charge in [0, 0.05) is 30.2 Å². The van der Waals surface area contributed by atoms with Crippen LogP contribution in [0.1, 0.15) is 29.4 Å². The maximum atomic E-state index is 12.8. The first-order chi connectivity index (χ1) is 9.99. The highest BCUT2D eigenvalue weighted by Gasteiger charge is 2.30. The van der Waals surface area contributed by atoms with Gasteiger partial charge >= 0.3 is 0 Å². The topological polar surface area (TPSA) is 25.2 Å². The van der Waals surface area contributed by atoms with Crippen molar-refractivity contribution in [1.29, 1.82) is 0 Å². The zero-order valence-corrected chi connectivity index (χ0v) is 13.2. The van der Waals surface area contributed by atoms with Gasteiger partial charge in [0.15, 0.2) is 0 Å². The smallest absolute Gasteiger partial charge is 0.231 e. The number of carbonyl (C=O) groups excluding carboxylic acids is 1. The van der Waals surface area contributed by atoms with E-state index in [2.05, 4.69) is 43.5 Å². The van der Waals surface area contributed by atoms with Crippen molar-refractivity contribution >= 4 is 11.6 Å². The molecule has 1 aromatic carbocycles. The van der Waals surface area contributed by atoms with Crippen molar-refractivity contribution in [3.8, 4) is 0 Å². The van der Waals surface area contributed by atoms with E-state index in [1.165, 1.54) is 17.0 Å². The van der Waals surface area contributed by atoms with Gasteiger partial charge in [-0.25, -0.2) is 0 Å². The lowest BCUT2D eigenvalue weighted by atomic mass is 10.1. The van der Waals surface area contributed by atoms with Crippen LogP contribution >= 0.6 is 0 Å². The zero-order valence-electron chi connectivity index (χ0n) is 13.2. The van der Waals surface area contributed by atoms with E-state index in [9.17, 15) is 4.79 Å². The molecule has 1 unspecified atom stereocenters. The van der Waals surface area contributed by atoms with Gasteiger partial charge in [-0.15, -0.1) is 0 Å². The normalized spacial score (nSPS) is 17.1. The Balaban J connectivity index is 1.87. The van der Waals surface area contributed by atoms with Crippen LogP contribution in [0, 0.1) is 13.8 Å². The second-order valence-electron chi connectivity index (χ2n) is 6.08. The number of rotatable bonds is 2. The average molecular weight is 282 g/mol. The third-order valence-electron chi connectivity index (χ3n) is 4.70. The van der Waals surface area contributed by atoms with Gasteiger partial charge < -0.3 is 9.47 Å². The van der Waals surface area contributed by atoms with Crippen molar-refractivity contribution in [2.24, 2.45) is 7.05 Å². The lowest BCUT2D eigenvalue weighted by molar-refractivity contribution is -0.118. The van der Waals surface area contributed by atoms with Gasteiger partial charge in [-0.1, -0.05) is 18.2 Å². The number of fused-ring (bicyclic) bond motifs is 1. The number of aromatic nitrogens is 1. The minimum Gasteiger partial charge on any atom is -0.352 e. The maximum absolute atomic E-state index is 12.8. The molecule has 2 aromatic rings. The molecule has 3 rings (SSSR count). The fourth-order valence-corrected chi connectivity index (χ4v) is 3.31. The molecule has 21 heavy (non-hydrogen) atoms. The minimum absolute atomic E-state index is 0.196. The second kappa shape index (κ2) is 5.06. The third-order valence-corrected chi connectivity index (χ3v) is 4.70. The molecule has 0 spiro atoms. The van der Waals surface area contributed by atoms with Gasteiger partial charge in [-0.2, -0.15) is 0 Å². The predicted molar refractivity (Wildman–Crippen MR) is 85.7 cm³/mol. The highest BCUT2D eigenvalue weighted by molar-refractivity contribution is 5.97. The van der Waals surface area contributed by atoms with Crippen LogP contribution in [0.4, 0.5) is 5.69 Å². The standard InChI is InChI=1S/C18H22N2O/c1-12-9-16(14(3)19(12)4)11-18(21)20-13(2)10-15-7-5-6-8-17(15)20/h5-9,13H,10-11H2,1-4H3. The van der Waals surface area contributed by atoms with Gasteiger partial charge in [0.1, 0.15) is 0 Å². The van der Waals surface area contributed by atoms with Gasteiger partial charge in [-0.05, 0) is 50.5 Å². The molecule has 0 fully saturated rings. The van der Waals surface area contributed by atoms with Crippen LogP contribution in [0.25, 0.3) is 0 Å². The van der Waals surface area contributed by atoms with E-state index in [1.807, 2.05) is 24.1 Å². The summed E-state index contributed by atoms with van der Waals surface area (Å²) in [6, 6.07) is 10.6. The molecule has 0 saturated heterocycles. The van der Waals surface area contributed by atoms with Crippen LogP contribution in [-0.4, -0.2) is 16.5 Å². The number of amides is 1. The summed E-state index contributed by atoms with van der Waals surface area (Å²) in [6.45, 7) is 6.28. The molecule has 3 nitrogen and oxygen atoms in total. The molecule has 3 heteroatoms. The lowest BCUT2D eigenvalue weighted by Crippen LogP contribution is -2.36. The van der Waals surface area contributed by atoms with Crippen molar-refractivity contribution < 1.29 is 4.79 Å². The van der Waals surface area contributed by atoms with E-state index < -0.39 is 0 Å². The molecule has 1 aromatic heterocycles. The first-order valence-electron chi connectivity index (χ1n) is 7.50. The Labute approximate surface area is 126 Å². The first-order valence-corrected chi connectivity index (χ1v) is 7.50. The summed E-state index contributed by atoms with van der Waals surface area (Å²) in [7, 11) is 2.05. The Morgan fingerprint density at radius 1 is 1.29 bits per heavy atom. The molecule has 2 heterocycles. The van der Waals surface area contributed by atoms with Crippen LogP contribution in [-0.2, 0) is 24.7 Å². The number of para-hydroxylation sites is 1. The van der Waals surface area contributed by atoms with Crippen molar-refractivity contribution in [1.82, 2.24) is 4.57 Å². The van der Waals surface area contributed by atoms with Crippen LogP contribution in [0.15, 0.2) is 30.3 Å². The molecule has 0 radical (unpaired) electrons. The second-order valence-corrected chi connectivity index (χ2v) is 6.08. The Kier molecular flexibility index (Phi) is 3.36. The van der Waals surface area contributed by atoms with Crippen LogP contribution in [0.3, 0.4) is 0 Å². The monoisotopic (exact) mass is 282 g/mol. The van der Waals surface area contributed by atoms with E-state index in [0.717, 1.165) is 17.7 Å². The van der Waals surface area contributed by atoms with E-state index in [4.69, 9.17) is 0 Å². The molecule has 110 valence electrons. The van der Waals surface area contributed by atoms with Gasteiger partial charge in [0.2, 0.25) is 5.91 Å². The van der Waals surface area contributed by atoms with E-state index in [0.29, 0.717) is 6.42 Å². The summed E-state index contributed by atoms with van der Waals surface area (Å²) in [6.07, 6.45) is 1.43. The molecule has 1 amide bonds. The average Bonchev–Trinajstić information content (AvgIpc) is 2.90. The largest absolute Gasteiger partial charge is 0.352 e. The molecule has 0 saturated carbocycles. The molecular weight excluding hydrogens is 260 g/mol. The van der Waals surface area contributed by atoms with Gasteiger partial charge in [0.25, 0.3) is 0 Å². The summed E-state index contributed by atoms with van der Waals surface area (Å²) in [4.78, 5) is 14.7. The number of hydrogen-bond acceptors (Lipinski definition) is 1. The van der Waals surface area contributed by atoms with Crippen molar-refractivity contribution in [3.05, 3.63) is 52.8 Å². The van der Waals surface area contributed by atoms with Crippen molar-refractivity contribution in [3.63, 3.8) is 0 Å². The molecule has 1 aliphatic heterocycles. The zero-order chi connectivity index (χ0) is 15.1. The molecule has 0 N–H and O–H groups in total. The van der Waals surface area contributed by atoms with Crippen molar-refractivity contribution in [2.45, 2.75) is 39.7 Å². The number of benzene rings is 1. The highest BCUT2D eigenvalue weighted by Crippen LogP contribution is 2.32. The fraction of sp³-hybridized carbons (Fsp3) is 0.389. The van der Waals surface area contributed by atoms with Gasteiger partial charge in [0.05, 0.1) is 6.42 Å². The molecule has 1 atom stereocenters. The number of anilines is 1. The van der Waals surface area contributed by atoms with Crippen molar-refractivity contribution in [2.75, 3.05) is 4.90 Å². The summed E-state index contributed by atoms with van der Waals surface area (Å²) in [5, 5.41) is 0. The third kappa shape index (κ3) is 2.27. The van der Waals surface area contributed by atoms with E-state index in [-0.39, 0.29) is 11.9 Å². The summed E-state index contributed by atoms with van der Waals surface area (Å²) in [5.41, 5.74) is 5.88. The van der Waals surface area contributed by atoms with E-state index >= 15 is 0 Å². The Bertz CT molecular complexity index is 699. The number of carbonyl (C=O) groups is 1. The lowest BCUT2D eigenvalue weighted by Gasteiger charge is -2.22. The summed E-state index contributed by atoms with van der Waals surface area (Å²) < 4.78 is 2.14. The Morgan fingerprint density at radius 2 is 2.00 bits per heavy atom. The summed E-state index contributed by atoms with van der Waals surface area (Å²) >= 11 is 0. The first kappa shape index (κ1) is 13.9. The van der Waals surface area contributed by atoms with Crippen LogP contribution < -0.4 is 4.90 Å². The SMILES string of the molecule is Cc1cc(CC(=O)N2c3ccccc3CC2C)c(C)n1C. The minimum atomic E-state index is 0.196. The molecular formula is C18H22N2O.